The Morgan fingerprint density at radius 2 is 2.17 bits per heavy atom. The van der Waals surface area contributed by atoms with E-state index in [4.69, 9.17) is 5.73 Å². The average molecular weight is 181 g/mol. The van der Waals surface area contributed by atoms with Crippen LogP contribution in [0.4, 0.5) is 10.1 Å². The Morgan fingerprint density at radius 1 is 1.42 bits per heavy atom. The summed E-state index contributed by atoms with van der Waals surface area (Å²) in [6.45, 7) is 1.76. The molecular weight excluding hydrogens is 173 g/mol. The average Bonchev–Trinajstić information content (AvgIpc) is 2.32. The first-order valence-corrected chi connectivity index (χ1v) is 4.45. The third kappa shape index (κ3) is 0.898. The van der Waals surface area contributed by atoms with Gasteiger partial charge in [0.05, 0.1) is 4.70 Å². The van der Waals surface area contributed by atoms with Gasteiger partial charge < -0.3 is 5.73 Å². The van der Waals surface area contributed by atoms with Crippen LogP contribution in [0.5, 0.6) is 0 Å². The molecule has 1 nitrogen and oxygen atoms in total. The Balaban J connectivity index is 2.95. The van der Waals surface area contributed by atoms with Crippen LogP contribution in [0, 0.1) is 12.7 Å². The summed E-state index contributed by atoms with van der Waals surface area (Å²) in [4.78, 5) is 0.697. The summed E-state index contributed by atoms with van der Waals surface area (Å²) in [5.74, 6) is -0.137. The molecule has 0 saturated heterocycles. The molecule has 0 aliphatic carbocycles. The molecule has 3 heteroatoms. The highest BCUT2D eigenvalue weighted by atomic mass is 32.1. The molecule has 62 valence electrons. The number of nitrogens with two attached hydrogens (primary N) is 1. The molecule has 1 heterocycles. The summed E-state index contributed by atoms with van der Waals surface area (Å²) in [6.07, 6.45) is 0. The minimum absolute atomic E-state index is 0.137. The number of anilines is 1. The maximum absolute atomic E-state index is 13.3. The number of fused-ring (bicyclic) bond motifs is 1. The molecule has 0 amide bonds. The van der Waals surface area contributed by atoms with Gasteiger partial charge in [-0.05, 0) is 13.0 Å². The molecule has 0 atom stereocenters. The monoisotopic (exact) mass is 181 g/mol. The van der Waals surface area contributed by atoms with E-state index in [-0.39, 0.29) is 5.82 Å². The van der Waals surface area contributed by atoms with E-state index in [1.54, 1.807) is 25.1 Å². The van der Waals surface area contributed by atoms with Gasteiger partial charge in [0.1, 0.15) is 5.82 Å². The lowest BCUT2D eigenvalue weighted by Gasteiger charge is -1.92. The van der Waals surface area contributed by atoms with Gasteiger partial charge in [-0.25, -0.2) is 4.39 Å². The largest absolute Gasteiger partial charge is 0.398 e. The van der Waals surface area contributed by atoms with Gasteiger partial charge in [-0.3, -0.25) is 0 Å². The highest BCUT2D eigenvalue weighted by molar-refractivity contribution is 7.19. The van der Waals surface area contributed by atoms with E-state index in [0.717, 1.165) is 4.70 Å². The van der Waals surface area contributed by atoms with Crippen LogP contribution in [0.3, 0.4) is 0 Å². The van der Waals surface area contributed by atoms with Crippen LogP contribution in [-0.2, 0) is 0 Å². The van der Waals surface area contributed by atoms with E-state index < -0.39 is 0 Å². The summed E-state index contributed by atoms with van der Waals surface area (Å²) in [5.41, 5.74) is 6.34. The molecule has 0 spiro atoms. The van der Waals surface area contributed by atoms with Crippen molar-refractivity contribution in [1.82, 2.24) is 0 Å². The molecule has 2 N–H and O–H groups in total. The Morgan fingerprint density at radius 3 is 2.83 bits per heavy atom. The fourth-order valence-electron chi connectivity index (χ4n) is 1.23. The highest BCUT2D eigenvalue weighted by Gasteiger charge is 2.09. The molecule has 12 heavy (non-hydrogen) atoms. The number of nitrogen functional groups attached to an aromatic ring is 1. The van der Waals surface area contributed by atoms with Gasteiger partial charge in [-0.15, -0.1) is 11.3 Å². The van der Waals surface area contributed by atoms with Gasteiger partial charge in [0.15, 0.2) is 0 Å². The van der Waals surface area contributed by atoms with Crippen molar-refractivity contribution in [3.63, 3.8) is 0 Å². The van der Waals surface area contributed by atoms with Crippen LogP contribution in [0.1, 0.15) is 4.88 Å². The normalized spacial score (nSPS) is 10.8. The second-order valence-corrected chi connectivity index (χ2v) is 3.92. The second-order valence-electron chi connectivity index (χ2n) is 2.70. The Bertz CT molecular complexity index is 433. The quantitative estimate of drug-likeness (QED) is 0.621. The third-order valence-corrected chi connectivity index (χ3v) is 2.99. The number of rotatable bonds is 0. The van der Waals surface area contributed by atoms with Crippen LogP contribution in [0.2, 0.25) is 0 Å². The van der Waals surface area contributed by atoms with Gasteiger partial charge in [0, 0.05) is 16.0 Å². The van der Waals surface area contributed by atoms with E-state index in [1.165, 1.54) is 11.3 Å². The molecule has 1 aromatic carbocycles. The first-order valence-electron chi connectivity index (χ1n) is 3.63. The predicted octanol–water partition coefficient (Wildman–Crippen LogP) is 2.93. The van der Waals surface area contributed by atoms with Crippen LogP contribution in [0.15, 0.2) is 18.2 Å². The fraction of sp³-hybridized carbons (Fsp3) is 0.111. The lowest BCUT2D eigenvalue weighted by Crippen LogP contribution is -1.82. The van der Waals surface area contributed by atoms with Crippen molar-refractivity contribution in [2.24, 2.45) is 0 Å². The van der Waals surface area contributed by atoms with Gasteiger partial charge in [-0.1, -0.05) is 12.1 Å². The van der Waals surface area contributed by atoms with E-state index in [2.05, 4.69) is 0 Å². The highest BCUT2D eigenvalue weighted by Crippen LogP contribution is 2.32. The number of benzene rings is 1. The third-order valence-electron chi connectivity index (χ3n) is 1.85. The Labute approximate surface area is 73.6 Å². The summed E-state index contributed by atoms with van der Waals surface area (Å²) in [5, 5.41) is 0.637. The molecule has 0 aliphatic heterocycles. The summed E-state index contributed by atoms with van der Waals surface area (Å²) >= 11 is 1.41. The molecule has 0 radical (unpaired) electrons. The van der Waals surface area contributed by atoms with Crippen LogP contribution >= 0.6 is 11.3 Å². The van der Waals surface area contributed by atoms with E-state index in [0.29, 0.717) is 16.0 Å². The van der Waals surface area contributed by atoms with Gasteiger partial charge in [0.25, 0.3) is 0 Å². The minimum Gasteiger partial charge on any atom is -0.398 e. The smallest absolute Gasteiger partial charge is 0.144 e. The van der Waals surface area contributed by atoms with E-state index >= 15 is 0 Å². The summed E-state index contributed by atoms with van der Waals surface area (Å²) < 4.78 is 14.1. The van der Waals surface area contributed by atoms with E-state index in [9.17, 15) is 4.39 Å². The Hall–Kier alpha value is -1.09. The maximum atomic E-state index is 13.3. The number of hydrogen-bond acceptors (Lipinski definition) is 2. The van der Waals surface area contributed by atoms with Crippen molar-refractivity contribution in [3.8, 4) is 0 Å². The van der Waals surface area contributed by atoms with Crippen molar-refractivity contribution >= 4 is 27.1 Å². The molecule has 0 fully saturated rings. The molecule has 1 aromatic heterocycles. The molecule has 0 bridgehead atoms. The van der Waals surface area contributed by atoms with Gasteiger partial charge in [-0.2, -0.15) is 0 Å². The van der Waals surface area contributed by atoms with Crippen LogP contribution in [0.25, 0.3) is 10.1 Å². The molecular formula is C9H8FNS. The SMILES string of the molecule is Cc1sc2c(N)cccc2c1F. The number of aryl methyl sites for hydroxylation is 1. The van der Waals surface area contributed by atoms with Crippen molar-refractivity contribution in [1.29, 1.82) is 0 Å². The minimum atomic E-state index is -0.137. The van der Waals surface area contributed by atoms with Crippen LogP contribution < -0.4 is 5.73 Å². The summed E-state index contributed by atoms with van der Waals surface area (Å²) in [6, 6.07) is 5.31. The van der Waals surface area contributed by atoms with E-state index in [1.807, 2.05) is 0 Å². The van der Waals surface area contributed by atoms with Crippen molar-refractivity contribution < 1.29 is 4.39 Å². The van der Waals surface area contributed by atoms with Crippen molar-refractivity contribution in [3.05, 3.63) is 28.9 Å². The molecule has 0 saturated carbocycles. The number of hydrogen-bond donors (Lipinski definition) is 1. The Kier molecular flexibility index (Phi) is 1.54. The summed E-state index contributed by atoms with van der Waals surface area (Å²) in [7, 11) is 0. The van der Waals surface area contributed by atoms with Gasteiger partial charge in [0.2, 0.25) is 0 Å². The van der Waals surface area contributed by atoms with Gasteiger partial charge >= 0.3 is 0 Å². The number of halogens is 1. The first-order chi connectivity index (χ1) is 5.70. The molecule has 2 aromatic rings. The molecule has 0 aliphatic rings. The molecule has 0 unspecified atom stereocenters. The van der Waals surface area contributed by atoms with Crippen LogP contribution in [-0.4, -0.2) is 0 Å². The zero-order chi connectivity index (χ0) is 8.72. The standard InChI is InChI=1S/C9H8FNS/c1-5-8(10)6-3-2-4-7(11)9(6)12-5/h2-4H,11H2,1H3. The lowest BCUT2D eigenvalue weighted by molar-refractivity contribution is 0.636. The molecule has 2 rings (SSSR count). The zero-order valence-electron chi connectivity index (χ0n) is 6.60. The maximum Gasteiger partial charge on any atom is 0.144 e. The fourth-order valence-corrected chi connectivity index (χ4v) is 2.19. The second kappa shape index (κ2) is 2.45. The lowest BCUT2D eigenvalue weighted by atomic mass is 10.2. The van der Waals surface area contributed by atoms with Crippen molar-refractivity contribution in [2.75, 3.05) is 5.73 Å². The number of thiophene rings is 1. The zero-order valence-corrected chi connectivity index (χ0v) is 7.41. The predicted molar refractivity (Wildman–Crippen MR) is 50.9 cm³/mol. The van der Waals surface area contributed by atoms with Crippen molar-refractivity contribution in [2.45, 2.75) is 6.92 Å². The topological polar surface area (TPSA) is 26.0 Å². The first kappa shape index (κ1) is 7.55.